The summed E-state index contributed by atoms with van der Waals surface area (Å²) in [7, 11) is 0. The summed E-state index contributed by atoms with van der Waals surface area (Å²) in [5, 5.41) is 19.9. The molecular formula is C30H26FN3O4S2. The smallest absolute Gasteiger partial charge is 0.301 e. The number of unbranched alkanes of at least 4 members (excludes halogenated alkanes) is 1. The minimum absolute atomic E-state index is 0.149. The summed E-state index contributed by atoms with van der Waals surface area (Å²) in [5.74, 6) is -1.37. The Morgan fingerprint density at radius 2 is 1.82 bits per heavy atom. The van der Waals surface area contributed by atoms with Gasteiger partial charge < -0.3 is 9.84 Å². The second kappa shape index (κ2) is 12.4. The topological polar surface area (TPSA) is 92.6 Å². The maximum absolute atomic E-state index is 14.3. The van der Waals surface area contributed by atoms with Crippen LogP contribution in [0.2, 0.25) is 0 Å². The highest BCUT2D eigenvalue weighted by Gasteiger charge is 2.48. The van der Waals surface area contributed by atoms with E-state index >= 15 is 0 Å². The van der Waals surface area contributed by atoms with Gasteiger partial charge in [0.1, 0.15) is 17.3 Å². The number of rotatable bonds is 10. The van der Waals surface area contributed by atoms with Crippen molar-refractivity contribution in [3.05, 3.63) is 107 Å². The van der Waals surface area contributed by atoms with Crippen LogP contribution in [0.3, 0.4) is 0 Å². The maximum Gasteiger partial charge on any atom is 0.301 e. The molecule has 1 aromatic heterocycles. The van der Waals surface area contributed by atoms with E-state index in [1.165, 1.54) is 34.9 Å². The number of hydrogen-bond donors (Lipinski definition) is 1. The third-order valence-corrected chi connectivity index (χ3v) is 8.44. The van der Waals surface area contributed by atoms with E-state index in [9.17, 15) is 19.1 Å². The summed E-state index contributed by atoms with van der Waals surface area (Å²) in [6, 6.07) is 21.0. The molecule has 1 aliphatic heterocycles. The predicted octanol–water partition coefficient (Wildman–Crippen LogP) is 6.77. The monoisotopic (exact) mass is 575 g/mol. The van der Waals surface area contributed by atoms with Crippen LogP contribution in [-0.2, 0) is 15.3 Å². The van der Waals surface area contributed by atoms with Gasteiger partial charge >= 0.3 is 5.91 Å². The van der Waals surface area contributed by atoms with Crippen molar-refractivity contribution in [1.82, 2.24) is 10.2 Å². The van der Waals surface area contributed by atoms with Crippen molar-refractivity contribution in [2.45, 2.75) is 35.9 Å². The molecule has 10 heteroatoms. The van der Waals surface area contributed by atoms with Crippen LogP contribution in [0.15, 0.2) is 88.8 Å². The maximum atomic E-state index is 14.3. The Bertz CT molecular complexity index is 1540. The van der Waals surface area contributed by atoms with Crippen LogP contribution >= 0.6 is 23.1 Å². The number of ether oxygens (including phenoxy) is 1. The summed E-state index contributed by atoms with van der Waals surface area (Å²) in [6.45, 7) is 2.64. The molecule has 4 aromatic rings. The van der Waals surface area contributed by atoms with Crippen molar-refractivity contribution in [2.24, 2.45) is 0 Å². The van der Waals surface area contributed by atoms with Crippen molar-refractivity contribution < 1.29 is 23.8 Å². The van der Waals surface area contributed by atoms with Gasteiger partial charge in [-0.15, -0.1) is 10.2 Å². The van der Waals surface area contributed by atoms with Crippen molar-refractivity contribution >= 4 is 45.7 Å². The lowest BCUT2D eigenvalue weighted by molar-refractivity contribution is -0.132. The van der Waals surface area contributed by atoms with Gasteiger partial charge in [-0.05, 0) is 53.9 Å². The number of aliphatic hydroxyl groups is 1. The van der Waals surface area contributed by atoms with Crippen LogP contribution in [0.5, 0.6) is 5.75 Å². The van der Waals surface area contributed by atoms with Crippen LogP contribution in [0.4, 0.5) is 9.52 Å². The predicted molar refractivity (Wildman–Crippen MR) is 154 cm³/mol. The average molecular weight is 576 g/mol. The van der Waals surface area contributed by atoms with Gasteiger partial charge in [0, 0.05) is 11.3 Å². The Kier molecular flexibility index (Phi) is 8.57. The molecule has 40 heavy (non-hydrogen) atoms. The fourth-order valence-electron chi connectivity index (χ4n) is 4.30. The average Bonchev–Trinajstić information content (AvgIpc) is 3.54. The highest BCUT2D eigenvalue weighted by Crippen LogP contribution is 2.44. The van der Waals surface area contributed by atoms with Crippen LogP contribution in [0, 0.1) is 5.82 Å². The SMILES string of the molecule is CCCCOc1ccc(C(O)=C2C(=O)C(=O)N(c3nnc(SCc4ccccc4)s3)[C@H]2c2cccc(F)c2)cc1. The van der Waals surface area contributed by atoms with Crippen molar-refractivity contribution in [1.29, 1.82) is 0 Å². The number of halogens is 1. The zero-order valence-electron chi connectivity index (χ0n) is 21.6. The van der Waals surface area contributed by atoms with E-state index in [4.69, 9.17) is 4.74 Å². The summed E-state index contributed by atoms with van der Waals surface area (Å²) in [4.78, 5) is 27.9. The van der Waals surface area contributed by atoms with E-state index in [1.807, 2.05) is 30.3 Å². The molecule has 0 saturated carbocycles. The highest BCUT2D eigenvalue weighted by molar-refractivity contribution is 8.00. The number of aromatic nitrogens is 2. The van der Waals surface area contributed by atoms with E-state index in [0.29, 0.717) is 33.6 Å². The molecule has 0 unspecified atom stereocenters. The molecule has 7 nitrogen and oxygen atoms in total. The number of benzene rings is 3. The molecule has 1 fully saturated rings. The molecule has 3 aromatic carbocycles. The molecule has 5 rings (SSSR count). The number of thioether (sulfide) groups is 1. The summed E-state index contributed by atoms with van der Waals surface area (Å²) in [6.07, 6.45) is 1.91. The first-order valence-corrected chi connectivity index (χ1v) is 14.6. The first-order chi connectivity index (χ1) is 19.5. The number of Topliss-reactive ketones (excluding diaryl/α,β-unsaturated/α-hetero) is 1. The molecule has 1 N–H and O–H groups in total. The molecule has 1 amide bonds. The number of hydrogen-bond acceptors (Lipinski definition) is 8. The fourth-order valence-corrected chi connectivity index (χ4v) is 6.12. The molecular weight excluding hydrogens is 549 g/mol. The number of nitrogens with zero attached hydrogens (tertiary/aromatic N) is 3. The standard InChI is InChI=1S/C30H26FN3O4S2/c1-2-3-16-38-23-14-12-20(13-15-23)26(35)24-25(21-10-7-11-22(31)17-21)34(28(37)27(24)36)29-32-33-30(40-29)39-18-19-8-5-4-6-9-19/h4-15,17,25,35H,2-3,16,18H2,1H3/t25-/m0/s1. The normalized spacial score (nSPS) is 16.4. The highest BCUT2D eigenvalue weighted by atomic mass is 32.2. The first kappa shape index (κ1) is 27.5. The molecule has 204 valence electrons. The number of anilines is 1. The number of carbonyl (C=O) groups excluding carboxylic acids is 2. The van der Waals surface area contributed by atoms with E-state index in [2.05, 4.69) is 17.1 Å². The lowest BCUT2D eigenvalue weighted by Gasteiger charge is -2.22. The van der Waals surface area contributed by atoms with Crippen molar-refractivity contribution in [2.75, 3.05) is 11.5 Å². The van der Waals surface area contributed by atoms with E-state index < -0.39 is 23.5 Å². The number of carbonyl (C=O) groups is 2. The molecule has 1 saturated heterocycles. The second-order valence-corrected chi connectivity index (χ2v) is 11.3. The molecule has 0 spiro atoms. The molecule has 2 heterocycles. The van der Waals surface area contributed by atoms with Crippen LogP contribution in [-0.4, -0.2) is 33.6 Å². The Labute approximate surface area is 239 Å². The van der Waals surface area contributed by atoms with Gasteiger partial charge in [-0.3, -0.25) is 14.5 Å². The van der Waals surface area contributed by atoms with Gasteiger partial charge in [0.25, 0.3) is 5.78 Å². The van der Waals surface area contributed by atoms with Crippen LogP contribution in [0.1, 0.15) is 42.5 Å². The Morgan fingerprint density at radius 1 is 1.05 bits per heavy atom. The van der Waals surface area contributed by atoms with E-state index in [-0.39, 0.29) is 16.5 Å². The van der Waals surface area contributed by atoms with E-state index in [1.54, 1.807) is 30.3 Å². The van der Waals surface area contributed by atoms with E-state index in [0.717, 1.165) is 29.7 Å². The quantitative estimate of drug-likeness (QED) is 0.0557. The molecule has 0 aliphatic carbocycles. The zero-order valence-corrected chi connectivity index (χ0v) is 23.3. The Balaban J connectivity index is 1.49. The fraction of sp³-hybridized carbons (Fsp3) is 0.200. The van der Waals surface area contributed by atoms with Crippen molar-refractivity contribution in [3.63, 3.8) is 0 Å². The number of amides is 1. The minimum atomic E-state index is -1.09. The summed E-state index contributed by atoms with van der Waals surface area (Å²) in [5.41, 5.74) is 1.61. The van der Waals surface area contributed by atoms with Crippen molar-refractivity contribution in [3.8, 4) is 5.75 Å². The summed E-state index contributed by atoms with van der Waals surface area (Å²) >= 11 is 2.61. The molecule has 1 aliphatic rings. The Morgan fingerprint density at radius 3 is 2.55 bits per heavy atom. The lowest BCUT2D eigenvalue weighted by atomic mass is 9.95. The Hall–Kier alpha value is -4.02. The van der Waals surface area contributed by atoms with Gasteiger partial charge in [0.05, 0.1) is 18.2 Å². The van der Waals surface area contributed by atoms with Gasteiger partial charge in [0.15, 0.2) is 4.34 Å². The number of aliphatic hydroxyl groups excluding tert-OH is 1. The van der Waals surface area contributed by atoms with Crippen LogP contribution in [0.25, 0.3) is 5.76 Å². The van der Waals surface area contributed by atoms with Gasteiger partial charge in [-0.25, -0.2) is 4.39 Å². The largest absolute Gasteiger partial charge is 0.507 e. The first-order valence-electron chi connectivity index (χ1n) is 12.8. The van der Waals surface area contributed by atoms with Gasteiger partial charge in [-0.2, -0.15) is 0 Å². The van der Waals surface area contributed by atoms with Crippen LogP contribution < -0.4 is 9.64 Å². The molecule has 0 bridgehead atoms. The molecule has 0 radical (unpaired) electrons. The molecule has 1 atom stereocenters. The number of ketones is 1. The lowest BCUT2D eigenvalue weighted by Crippen LogP contribution is -2.29. The third-order valence-electron chi connectivity index (χ3n) is 6.31. The second-order valence-electron chi connectivity index (χ2n) is 9.08. The summed E-state index contributed by atoms with van der Waals surface area (Å²) < 4.78 is 20.6. The minimum Gasteiger partial charge on any atom is -0.507 e. The van der Waals surface area contributed by atoms with Gasteiger partial charge in [0.2, 0.25) is 5.13 Å². The third kappa shape index (κ3) is 5.93. The van der Waals surface area contributed by atoms with Gasteiger partial charge in [-0.1, -0.05) is 78.9 Å². The zero-order chi connectivity index (χ0) is 28.1.